The van der Waals surface area contributed by atoms with Gasteiger partial charge in [-0.3, -0.25) is 4.48 Å². The Morgan fingerprint density at radius 2 is 0.741 bits per heavy atom. The molecule has 146 valence electrons. The predicted molar refractivity (Wildman–Crippen MR) is 114 cm³/mol. The molecule has 1 saturated heterocycles. The lowest BCUT2D eigenvalue weighted by Gasteiger charge is -2.38. The SMILES string of the molecule is Oc1ccc([N+]2(c3ccc(O)cc3)CCCCCCCCCCCC2)cc1. The van der Waals surface area contributed by atoms with Crippen molar-refractivity contribution in [2.45, 2.75) is 64.2 Å². The molecule has 2 aromatic carbocycles. The van der Waals surface area contributed by atoms with Gasteiger partial charge in [0.1, 0.15) is 22.9 Å². The van der Waals surface area contributed by atoms with Gasteiger partial charge in [0.2, 0.25) is 0 Å². The maximum Gasteiger partial charge on any atom is 0.138 e. The minimum atomic E-state index is 0.313. The summed E-state index contributed by atoms with van der Waals surface area (Å²) in [5.41, 5.74) is 2.46. The lowest BCUT2D eigenvalue weighted by molar-refractivity contribution is 0.356. The molecule has 0 radical (unpaired) electrons. The van der Waals surface area contributed by atoms with E-state index in [-0.39, 0.29) is 0 Å². The van der Waals surface area contributed by atoms with Gasteiger partial charge in [-0.2, -0.15) is 0 Å². The van der Waals surface area contributed by atoms with Gasteiger partial charge in [-0.15, -0.1) is 0 Å². The second-order valence-electron chi connectivity index (χ2n) is 7.98. The number of phenols is 2. The van der Waals surface area contributed by atoms with Gasteiger partial charge >= 0.3 is 0 Å². The third-order valence-electron chi connectivity index (χ3n) is 6.02. The molecule has 1 heterocycles. The Hall–Kier alpha value is -2.00. The van der Waals surface area contributed by atoms with E-state index in [1.54, 1.807) is 24.3 Å². The van der Waals surface area contributed by atoms with Crippen molar-refractivity contribution in [3.63, 3.8) is 0 Å². The molecule has 3 nitrogen and oxygen atoms in total. The molecule has 1 fully saturated rings. The lowest BCUT2D eigenvalue weighted by atomic mass is 10.1. The zero-order valence-electron chi connectivity index (χ0n) is 16.4. The van der Waals surface area contributed by atoms with Crippen LogP contribution in [0.1, 0.15) is 64.2 Å². The summed E-state index contributed by atoms with van der Waals surface area (Å²) in [5.74, 6) is 0.627. The molecule has 0 aliphatic carbocycles. The minimum Gasteiger partial charge on any atom is -0.508 e. The van der Waals surface area contributed by atoms with Gasteiger partial charge in [0.05, 0.1) is 13.1 Å². The standard InChI is InChI=1S/C24H33NO2/c26-23-15-11-21(12-16-23)25(22-13-17-24(27)18-14-22)19-9-7-5-3-1-2-4-6-8-10-20-25/h11-18H,1-10,19-20H2,(H-,26,27)/p+1. The normalized spacial score (nSPS) is 19.4. The first-order valence-corrected chi connectivity index (χ1v) is 10.7. The molecular weight excluding hydrogens is 334 g/mol. The summed E-state index contributed by atoms with van der Waals surface area (Å²) in [4.78, 5) is 0. The molecule has 3 rings (SSSR count). The zero-order chi connectivity index (χ0) is 19.0. The number of benzene rings is 2. The average molecular weight is 369 g/mol. The number of rotatable bonds is 2. The molecule has 3 heteroatoms. The Labute approximate surface area is 163 Å². The molecule has 0 unspecified atom stereocenters. The maximum atomic E-state index is 9.79. The number of hydrogen-bond donors (Lipinski definition) is 2. The topological polar surface area (TPSA) is 40.5 Å². The van der Waals surface area contributed by atoms with Gasteiger partial charge in [-0.25, -0.2) is 0 Å². The average Bonchev–Trinajstić information content (AvgIpc) is 2.70. The minimum absolute atomic E-state index is 0.313. The number of quaternary nitrogens is 1. The molecule has 2 aromatic rings. The van der Waals surface area contributed by atoms with E-state index in [1.807, 2.05) is 0 Å². The summed E-state index contributed by atoms with van der Waals surface area (Å²) in [5, 5.41) is 19.6. The first kappa shape index (κ1) is 19.8. The highest BCUT2D eigenvalue weighted by molar-refractivity contribution is 5.60. The molecule has 0 aromatic heterocycles. The fourth-order valence-corrected chi connectivity index (χ4v) is 4.43. The van der Waals surface area contributed by atoms with Crippen LogP contribution in [0.2, 0.25) is 0 Å². The zero-order valence-corrected chi connectivity index (χ0v) is 16.4. The molecule has 0 saturated carbocycles. The van der Waals surface area contributed by atoms with Crippen molar-refractivity contribution in [2.24, 2.45) is 0 Å². The summed E-state index contributed by atoms with van der Waals surface area (Å²) >= 11 is 0. The van der Waals surface area contributed by atoms with E-state index in [2.05, 4.69) is 24.3 Å². The van der Waals surface area contributed by atoms with Gasteiger partial charge in [-0.05, 0) is 49.9 Å². The number of aromatic hydroxyl groups is 2. The molecule has 2 N–H and O–H groups in total. The molecular formula is C24H34NO2+. The van der Waals surface area contributed by atoms with Crippen LogP contribution < -0.4 is 4.48 Å². The summed E-state index contributed by atoms with van der Waals surface area (Å²) < 4.78 is 0.806. The van der Waals surface area contributed by atoms with Gasteiger partial charge in [0, 0.05) is 24.3 Å². The van der Waals surface area contributed by atoms with Gasteiger partial charge in [-0.1, -0.05) is 38.5 Å². The van der Waals surface area contributed by atoms with Crippen LogP contribution in [0.5, 0.6) is 11.5 Å². The van der Waals surface area contributed by atoms with E-state index in [1.165, 1.54) is 75.6 Å². The fourth-order valence-electron chi connectivity index (χ4n) is 4.43. The van der Waals surface area contributed by atoms with Crippen LogP contribution >= 0.6 is 0 Å². The summed E-state index contributed by atoms with van der Waals surface area (Å²) in [6.45, 7) is 2.13. The van der Waals surface area contributed by atoms with Crippen LogP contribution in [0.25, 0.3) is 0 Å². The van der Waals surface area contributed by atoms with Crippen LogP contribution in [0.3, 0.4) is 0 Å². The van der Waals surface area contributed by atoms with Crippen molar-refractivity contribution in [1.82, 2.24) is 4.48 Å². The largest absolute Gasteiger partial charge is 0.508 e. The molecule has 1 aliphatic heterocycles. The quantitative estimate of drug-likeness (QED) is 0.582. The van der Waals surface area contributed by atoms with Crippen LogP contribution in [0.4, 0.5) is 11.4 Å². The van der Waals surface area contributed by atoms with Crippen LogP contribution in [-0.4, -0.2) is 23.3 Å². The second-order valence-corrected chi connectivity index (χ2v) is 7.98. The van der Waals surface area contributed by atoms with Gasteiger partial charge in [0.15, 0.2) is 0 Å². The highest BCUT2D eigenvalue weighted by atomic mass is 16.3. The Bertz CT molecular complexity index is 617. The van der Waals surface area contributed by atoms with Crippen molar-refractivity contribution in [2.75, 3.05) is 13.1 Å². The fraction of sp³-hybridized carbons (Fsp3) is 0.500. The van der Waals surface area contributed by atoms with Crippen molar-refractivity contribution >= 4 is 11.4 Å². The van der Waals surface area contributed by atoms with Crippen LogP contribution in [0.15, 0.2) is 48.5 Å². The first-order valence-electron chi connectivity index (χ1n) is 10.7. The summed E-state index contributed by atoms with van der Waals surface area (Å²) in [6.07, 6.45) is 13.1. The first-order chi connectivity index (χ1) is 13.2. The Morgan fingerprint density at radius 3 is 1.07 bits per heavy atom. The van der Waals surface area contributed by atoms with E-state index in [0.717, 1.165) is 17.6 Å². The highest BCUT2D eigenvalue weighted by Gasteiger charge is 2.32. The van der Waals surface area contributed by atoms with Gasteiger partial charge in [0.25, 0.3) is 0 Å². The molecule has 0 spiro atoms. The van der Waals surface area contributed by atoms with Crippen molar-refractivity contribution < 1.29 is 10.2 Å². The molecule has 0 atom stereocenters. The van der Waals surface area contributed by atoms with Crippen LogP contribution in [-0.2, 0) is 0 Å². The van der Waals surface area contributed by atoms with E-state index in [4.69, 9.17) is 0 Å². The smallest absolute Gasteiger partial charge is 0.138 e. The number of hydrogen-bond acceptors (Lipinski definition) is 2. The number of nitrogens with zero attached hydrogens (tertiary/aromatic N) is 1. The number of phenolic OH excluding ortho intramolecular Hbond substituents is 2. The molecule has 1 aliphatic rings. The van der Waals surface area contributed by atoms with Crippen molar-refractivity contribution in [3.05, 3.63) is 48.5 Å². The van der Waals surface area contributed by atoms with E-state index >= 15 is 0 Å². The highest BCUT2D eigenvalue weighted by Crippen LogP contribution is 2.38. The molecule has 0 amide bonds. The third kappa shape index (κ3) is 5.26. The maximum absolute atomic E-state index is 9.79. The van der Waals surface area contributed by atoms with E-state index in [0.29, 0.717) is 11.5 Å². The third-order valence-corrected chi connectivity index (χ3v) is 6.02. The van der Waals surface area contributed by atoms with Crippen LogP contribution in [0, 0.1) is 0 Å². The molecule has 0 bridgehead atoms. The molecule has 27 heavy (non-hydrogen) atoms. The van der Waals surface area contributed by atoms with Gasteiger partial charge < -0.3 is 10.2 Å². The summed E-state index contributed by atoms with van der Waals surface area (Å²) in [6, 6.07) is 15.5. The van der Waals surface area contributed by atoms with Crippen molar-refractivity contribution in [3.8, 4) is 11.5 Å². The Kier molecular flexibility index (Phi) is 7.17. The van der Waals surface area contributed by atoms with E-state index in [9.17, 15) is 10.2 Å². The predicted octanol–water partition coefficient (Wildman–Crippen LogP) is 6.65. The lowest BCUT2D eigenvalue weighted by Crippen LogP contribution is -2.46. The Balaban J connectivity index is 1.95. The summed E-state index contributed by atoms with van der Waals surface area (Å²) in [7, 11) is 0. The van der Waals surface area contributed by atoms with Crippen molar-refractivity contribution in [1.29, 1.82) is 0 Å². The Morgan fingerprint density at radius 1 is 0.444 bits per heavy atom. The van der Waals surface area contributed by atoms with E-state index < -0.39 is 0 Å². The monoisotopic (exact) mass is 368 g/mol. The second kappa shape index (κ2) is 9.80.